The molecule has 1 aliphatic rings. The molecule has 0 aliphatic carbocycles. The van der Waals surface area contributed by atoms with Crippen LogP contribution in [0.1, 0.15) is 103 Å². The lowest BCUT2D eigenvalue weighted by atomic mass is 9.83. The van der Waals surface area contributed by atoms with Crippen LogP contribution < -0.4 is 60.6 Å². The van der Waals surface area contributed by atoms with Crippen LogP contribution in [0.2, 0.25) is 0 Å². The van der Waals surface area contributed by atoms with Gasteiger partial charge < -0.3 is 65.6 Å². The van der Waals surface area contributed by atoms with Crippen LogP contribution in [0.3, 0.4) is 0 Å². The van der Waals surface area contributed by atoms with Gasteiger partial charge in [-0.05, 0) is 80.9 Å². The van der Waals surface area contributed by atoms with E-state index in [1.54, 1.807) is 50.4 Å². The van der Waals surface area contributed by atoms with Gasteiger partial charge in [0.25, 0.3) is 0 Å². The van der Waals surface area contributed by atoms with E-state index in [9.17, 15) is 43.2 Å². The highest BCUT2D eigenvalue weighted by atomic mass is 16.2. The highest BCUT2D eigenvalue weighted by molar-refractivity contribution is 5.99. The molecule has 8 atom stereocenters. The van der Waals surface area contributed by atoms with Gasteiger partial charge in [0.15, 0.2) is 17.7 Å². The zero-order valence-electron chi connectivity index (χ0n) is 43.2. The summed E-state index contributed by atoms with van der Waals surface area (Å²) >= 11 is 0. The van der Waals surface area contributed by atoms with Crippen molar-refractivity contribution in [2.24, 2.45) is 56.4 Å². The molecule has 3 aromatic rings. The van der Waals surface area contributed by atoms with Crippen LogP contribution in [0.15, 0.2) is 70.8 Å². The Morgan fingerprint density at radius 3 is 2.08 bits per heavy atom. The molecule has 1 aliphatic heterocycles. The molecule has 2 aromatic carbocycles. The Kier molecular flexibility index (Phi) is 24.2. The van der Waals surface area contributed by atoms with Crippen molar-refractivity contribution in [3.05, 3.63) is 71.9 Å². The van der Waals surface area contributed by atoms with Gasteiger partial charge in [-0.3, -0.25) is 53.1 Å². The Hall–Kier alpha value is -7.85. The third-order valence-electron chi connectivity index (χ3n) is 13.2. The summed E-state index contributed by atoms with van der Waals surface area (Å²) in [7, 11) is 0. The summed E-state index contributed by atoms with van der Waals surface area (Å²) in [5.74, 6) is -8.92. The molecule has 1 aromatic heterocycles. The molecule has 23 heteroatoms. The predicted octanol–water partition coefficient (Wildman–Crippen LogP) is -0.123. The van der Waals surface area contributed by atoms with E-state index in [2.05, 4.69) is 46.9 Å². The van der Waals surface area contributed by atoms with Gasteiger partial charge in [0.05, 0.1) is 12.5 Å². The van der Waals surface area contributed by atoms with Gasteiger partial charge >= 0.3 is 0 Å². The number of Topliss-reactive ketones (excluding diaryl/α,β-unsaturated/α-hetero) is 2. The summed E-state index contributed by atoms with van der Waals surface area (Å²) in [5, 5.41) is 17.1. The molecule has 408 valence electrons. The molecule has 1 saturated heterocycles. The van der Waals surface area contributed by atoms with Crippen LogP contribution in [-0.2, 0) is 56.0 Å². The number of benzene rings is 2. The van der Waals surface area contributed by atoms with Crippen molar-refractivity contribution < 1.29 is 43.2 Å². The average molecular weight is 1040 g/mol. The first-order valence-electron chi connectivity index (χ1n) is 25.6. The summed E-state index contributed by atoms with van der Waals surface area (Å²) in [6, 6.07) is 9.89. The van der Waals surface area contributed by atoms with Gasteiger partial charge in [-0.25, -0.2) is 0 Å². The van der Waals surface area contributed by atoms with Crippen LogP contribution in [0.25, 0.3) is 10.9 Å². The molecule has 0 saturated carbocycles. The van der Waals surface area contributed by atoms with Gasteiger partial charge in [0.1, 0.15) is 30.0 Å². The number of nitrogens with two attached hydrogens (primary N) is 5. The molecule has 0 radical (unpaired) electrons. The van der Waals surface area contributed by atoms with E-state index in [4.69, 9.17) is 28.7 Å². The summed E-state index contributed by atoms with van der Waals surface area (Å²) in [6.45, 7) is 5.04. The fourth-order valence-electron chi connectivity index (χ4n) is 8.89. The highest BCUT2D eigenvalue weighted by Crippen LogP contribution is 2.26. The highest BCUT2D eigenvalue weighted by Gasteiger charge is 2.36. The van der Waals surface area contributed by atoms with E-state index in [0.29, 0.717) is 18.4 Å². The number of para-hydroxylation sites is 1. The maximum Gasteiger partial charge on any atom is 0.243 e. The first-order valence-corrected chi connectivity index (χ1v) is 25.6. The number of hydrogen-bond donors (Lipinski definition) is 12. The van der Waals surface area contributed by atoms with Gasteiger partial charge in [0, 0.05) is 68.3 Å². The number of hydrogen-bond acceptors (Lipinski definition) is 11. The number of H-pyrrole nitrogens is 1. The lowest BCUT2D eigenvalue weighted by molar-refractivity contribution is -0.136. The molecular formula is C52H76N14O9. The van der Waals surface area contributed by atoms with Crippen LogP contribution in [0.5, 0.6) is 0 Å². The molecule has 4 rings (SSSR count). The van der Waals surface area contributed by atoms with E-state index >= 15 is 0 Å². The van der Waals surface area contributed by atoms with Crippen molar-refractivity contribution in [3.63, 3.8) is 0 Å². The standard InChI is InChI=1S/C52H76N14O9/c1-4-30(2)45-50(75)64-40(24-32-14-6-5-7-15-32)43(69)26-33(16-12-22-59-51(54)55)42(68)27-34(25-35-29-61-37-18-9-8-17-36(35)37)47(72)63-38(46(53)71)19-10-11-21-58-44(70)28-41(49(74)66-45)65-48(73)39(62-31(3)67)20-13-23-60-52(56)57/h5-9,14-15,17-18,29-30,33-34,38-41,45,61H,4,10-13,16,19-28H2,1-3H3,(H2,53,71)(H,58,70)(H,62,67)(H,63,72)(H,64,75)(H,65,73)(H,66,74)(H4,54,55,59)(H4,56,57,60)/t30-,33+,34+,38-,39-,40+,41-,45-/m0/s1. The largest absolute Gasteiger partial charge is 0.370 e. The summed E-state index contributed by atoms with van der Waals surface area (Å²) in [4.78, 5) is 137. The summed E-state index contributed by atoms with van der Waals surface area (Å²) in [6.07, 6.45) is 2.27. The predicted molar refractivity (Wildman–Crippen MR) is 284 cm³/mol. The van der Waals surface area contributed by atoms with E-state index in [-0.39, 0.29) is 95.8 Å². The third-order valence-corrected chi connectivity index (χ3v) is 13.2. The number of carbonyl (C=O) groups excluding carboxylic acids is 9. The van der Waals surface area contributed by atoms with Crippen LogP contribution in [0, 0.1) is 17.8 Å². The quantitative estimate of drug-likeness (QED) is 0.0450. The van der Waals surface area contributed by atoms with Crippen molar-refractivity contribution in [1.82, 2.24) is 36.9 Å². The summed E-state index contributed by atoms with van der Waals surface area (Å²) in [5.41, 5.74) is 30.2. The Labute approximate surface area is 436 Å². The van der Waals surface area contributed by atoms with Crippen LogP contribution in [0.4, 0.5) is 0 Å². The lowest BCUT2D eigenvalue weighted by Gasteiger charge is -2.29. The van der Waals surface area contributed by atoms with Crippen LogP contribution in [-0.4, -0.2) is 120 Å². The number of ketones is 2. The number of amides is 7. The topological polar surface area (TPSA) is 396 Å². The van der Waals surface area contributed by atoms with E-state index < -0.39 is 107 Å². The Balaban J connectivity index is 1.78. The third kappa shape index (κ3) is 20.2. The number of aromatic nitrogens is 1. The van der Waals surface area contributed by atoms with E-state index in [1.807, 2.05) is 24.3 Å². The van der Waals surface area contributed by atoms with E-state index in [1.165, 1.54) is 6.92 Å². The maximum absolute atomic E-state index is 14.8. The number of aliphatic imine (C=N–C) groups is 2. The molecule has 0 unspecified atom stereocenters. The SMILES string of the molecule is CC[C@H](C)[C@@H]1NC(=O)[C@@H](NC(=O)[C@H](CCCN=C(N)N)NC(C)=O)CC(=O)NCCCC[C@@H](C(N)=O)NC(=O)[C@H](Cc2c[nH]c3ccccc23)CC(=O)[C@H](CCCN=C(N)N)CC(=O)[C@@H](Cc2ccccc2)NC1=O. The molecular weight excluding hydrogens is 965 g/mol. The number of rotatable bonds is 18. The Bertz CT molecular complexity index is 2510. The van der Waals surface area contributed by atoms with Crippen molar-refractivity contribution in [2.45, 2.75) is 134 Å². The maximum atomic E-state index is 14.8. The van der Waals surface area contributed by atoms with Gasteiger partial charge in [-0.2, -0.15) is 0 Å². The molecule has 23 nitrogen and oxygen atoms in total. The number of aromatic amines is 1. The molecule has 17 N–H and O–H groups in total. The fourth-order valence-corrected chi connectivity index (χ4v) is 8.89. The second-order valence-corrected chi connectivity index (χ2v) is 19.1. The van der Waals surface area contributed by atoms with Gasteiger partial charge in [-0.1, -0.05) is 68.8 Å². The minimum Gasteiger partial charge on any atom is -0.370 e. The zero-order chi connectivity index (χ0) is 55.0. The average Bonchev–Trinajstić information content (AvgIpc) is 3.77. The Morgan fingerprint density at radius 1 is 0.747 bits per heavy atom. The second kappa shape index (κ2) is 30.4. The number of nitrogens with zero attached hydrogens (tertiary/aromatic N) is 2. The number of nitrogens with one attached hydrogen (secondary N) is 7. The van der Waals surface area contributed by atoms with Crippen molar-refractivity contribution >= 4 is 75.7 Å². The molecule has 7 amide bonds. The monoisotopic (exact) mass is 1040 g/mol. The smallest absolute Gasteiger partial charge is 0.243 e. The van der Waals surface area contributed by atoms with Gasteiger partial charge in [0.2, 0.25) is 41.4 Å². The number of carbonyl (C=O) groups is 9. The fraction of sp³-hybridized carbons (Fsp3) is 0.519. The summed E-state index contributed by atoms with van der Waals surface area (Å²) < 4.78 is 0. The van der Waals surface area contributed by atoms with Crippen molar-refractivity contribution in [3.8, 4) is 0 Å². The molecule has 1 fully saturated rings. The Morgan fingerprint density at radius 2 is 1.41 bits per heavy atom. The molecule has 75 heavy (non-hydrogen) atoms. The molecule has 0 spiro atoms. The van der Waals surface area contributed by atoms with Crippen molar-refractivity contribution in [2.75, 3.05) is 19.6 Å². The first kappa shape index (κ1) is 59.7. The number of guanidine groups is 2. The zero-order valence-corrected chi connectivity index (χ0v) is 43.2. The van der Waals surface area contributed by atoms with Crippen LogP contribution >= 0.6 is 0 Å². The molecule has 0 bridgehead atoms. The minimum atomic E-state index is -1.58. The number of primary amides is 1. The minimum absolute atomic E-state index is 0.00578. The molecule has 2 heterocycles. The van der Waals surface area contributed by atoms with Crippen molar-refractivity contribution in [1.29, 1.82) is 0 Å². The number of fused-ring (bicyclic) bond motifs is 1. The van der Waals surface area contributed by atoms with Gasteiger partial charge in [-0.15, -0.1) is 0 Å². The first-order chi connectivity index (χ1) is 35.8. The van der Waals surface area contributed by atoms with E-state index in [0.717, 1.165) is 16.5 Å². The second-order valence-electron chi connectivity index (χ2n) is 19.1. The lowest BCUT2D eigenvalue weighted by Crippen LogP contribution is -2.60. The normalized spacial score (nSPS) is 21.7.